The van der Waals surface area contributed by atoms with E-state index in [1.54, 1.807) is 12.1 Å². The molecule has 2 aromatic heterocycles. The van der Waals surface area contributed by atoms with Crippen molar-refractivity contribution < 1.29 is 23.1 Å². The number of pyridine rings is 1. The fourth-order valence-corrected chi connectivity index (χ4v) is 1.73. The SMILES string of the molecule is CC(NC(=O)c1cc2cccnc2[nH]1)C(O)C(F)(F)F. The number of rotatable bonds is 3. The van der Waals surface area contributed by atoms with Gasteiger partial charge in [-0.3, -0.25) is 4.79 Å². The minimum absolute atomic E-state index is 0.0833. The van der Waals surface area contributed by atoms with Crippen LogP contribution in [0.2, 0.25) is 0 Å². The van der Waals surface area contributed by atoms with E-state index in [-0.39, 0.29) is 5.69 Å². The first-order chi connectivity index (χ1) is 9.29. The topological polar surface area (TPSA) is 78.0 Å². The van der Waals surface area contributed by atoms with E-state index in [4.69, 9.17) is 5.11 Å². The summed E-state index contributed by atoms with van der Waals surface area (Å²) in [6.07, 6.45) is -5.88. The summed E-state index contributed by atoms with van der Waals surface area (Å²) < 4.78 is 36.9. The van der Waals surface area contributed by atoms with Crippen LogP contribution >= 0.6 is 0 Å². The maximum absolute atomic E-state index is 12.3. The van der Waals surface area contributed by atoms with E-state index in [1.807, 2.05) is 0 Å². The van der Waals surface area contributed by atoms with E-state index < -0.39 is 24.2 Å². The molecule has 0 spiro atoms. The van der Waals surface area contributed by atoms with Gasteiger partial charge >= 0.3 is 6.18 Å². The van der Waals surface area contributed by atoms with Gasteiger partial charge in [0.25, 0.3) is 5.91 Å². The molecule has 0 bridgehead atoms. The van der Waals surface area contributed by atoms with Crippen molar-refractivity contribution in [2.45, 2.75) is 25.2 Å². The zero-order valence-corrected chi connectivity index (χ0v) is 10.4. The Morgan fingerprint density at radius 1 is 1.50 bits per heavy atom. The van der Waals surface area contributed by atoms with E-state index in [0.717, 1.165) is 6.92 Å². The van der Waals surface area contributed by atoms with Crippen LogP contribution in [0, 0.1) is 0 Å². The maximum atomic E-state index is 12.3. The fraction of sp³-hybridized carbons (Fsp3) is 0.333. The summed E-state index contributed by atoms with van der Waals surface area (Å²) in [6, 6.07) is 3.41. The third kappa shape index (κ3) is 2.90. The van der Waals surface area contributed by atoms with Crippen LogP contribution in [-0.4, -0.2) is 39.3 Å². The van der Waals surface area contributed by atoms with Gasteiger partial charge in [-0.05, 0) is 25.1 Å². The zero-order valence-electron chi connectivity index (χ0n) is 10.4. The predicted octanol–water partition coefficient (Wildman–Crippen LogP) is 1.60. The zero-order chi connectivity index (χ0) is 14.9. The molecule has 0 aromatic carbocycles. The minimum Gasteiger partial charge on any atom is -0.382 e. The van der Waals surface area contributed by atoms with Crippen molar-refractivity contribution in [2.75, 3.05) is 0 Å². The van der Waals surface area contributed by atoms with Crippen LogP contribution in [-0.2, 0) is 0 Å². The van der Waals surface area contributed by atoms with Crippen molar-refractivity contribution in [1.29, 1.82) is 0 Å². The average molecular weight is 287 g/mol. The summed E-state index contributed by atoms with van der Waals surface area (Å²) in [5, 5.41) is 11.8. The minimum atomic E-state index is -4.78. The molecule has 0 saturated heterocycles. The van der Waals surface area contributed by atoms with Gasteiger partial charge in [0.15, 0.2) is 6.10 Å². The molecule has 2 atom stereocenters. The van der Waals surface area contributed by atoms with Crippen LogP contribution in [0.5, 0.6) is 0 Å². The smallest absolute Gasteiger partial charge is 0.382 e. The summed E-state index contributed by atoms with van der Waals surface area (Å²) in [7, 11) is 0. The maximum Gasteiger partial charge on any atom is 0.416 e. The molecule has 0 aliphatic carbocycles. The van der Waals surface area contributed by atoms with Crippen molar-refractivity contribution in [3.8, 4) is 0 Å². The lowest BCUT2D eigenvalue weighted by atomic mass is 10.1. The van der Waals surface area contributed by atoms with Crippen molar-refractivity contribution in [2.24, 2.45) is 0 Å². The molecule has 20 heavy (non-hydrogen) atoms. The van der Waals surface area contributed by atoms with E-state index in [2.05, 4.69) is 15.3 Å². The van der Waals surface area contributed by atoms with Crippen LogP contribution in [0.1, 0.15) is 17.4 Å². The number of aliphatic hydroxyl groups excluding tert-OH is 1. The van der Waals surface area contributed by atoms with Crippen LogP contribution in [0.25, 0.3) is 11.0 Å². The van der Waals surface area contributed by atoms with Gasteiger partial charge in [0, 0.05) is 11.6 Å². The molecule has 2 unspecified atom stereocenters. The van der Waals surface area contributed by atoms with Gasteiger partial charge in [0.05, 0.1) is 6.04 Å². The average Bonchev–Trinajstić information content (AvgIpc) is 2.80. The first-order valence-corrected chi connectivity index (χ1v) is 5.78. The summed E-state index contributed by atoms with van der Waals surface area (Å²) in [4.78, 5) is 18.5. The van der Waals surface area contributed by atoms with E-state index >= 15 is 0 Å². The monoisotopic (exact) mass is 287 g/mol. The van der Waals surface area contributed by atoms with Crippen LogP contribution in [0.4, 0.5) is 13.2 Å². The Hall–Kier alpha value is -2.09. The molecule has 2 aromatic rings. The first kappa shape index (κ1) is 14.3. The fourth-order valence-electron chi connectivity index (χ4n) is 1.73. The molecule has 0 aliphatic rings. The molecule has 5 nitrogen and oxygen atoms in total. The van der Waals surface area contributed by atoms with Crippen LogP contribution in [0.15, 0.2) is 24.4 Å². The van der Waals surface area contributed by atoms with Gasteiger partial charge in [0.2, 0.25) is 0 Å². The highest BCUT2D eigenvalue weighted by Gasteiger charge is 2.42. The van der Waals surface area contributed by atoms with E-state index in [9.17, 15) is 18.0 Å². The number of aromatic nitrogens is 2. The number of hydrogen-bond acceptors (Lipinski definition) is 3. The van der Waals surface area contributed by atoms with Gasteiger partial charge in [-0.25, -0.2) is 4.98 Å². The van der Waals surface area contributed by atoms with Gasteiger partial charge in [-0.2, -0.15) is 13.2 Å². The number of alkyl halides is 3. The molecular formula is C12H12F3N3O2. The molecular weight excluding hydrogens is 275 g/mol. The lowest BCUT2D eigenvalue weighted by Crippen LogP contribution is -2.48. The highest BCUT2D eigenvalue weighted by molar-refractivity contribution is 5.97. The number of aromatic amines is 1. The predicted molar refractivity (Wildman–Crippen MR) is 65.1 cm³/mol. The number of fused-ring (bicyclic) bond motifs is 1. The van der Waals surface area contributed by atoms with Crippen molar-refractivity contribution in [3.63, 3.8) is 0 Å². The van der Waals surface area contributed by atoms with Crippen molar-refractivity contribution in [1.82, 2.24) is 15.3 Å². The summed E-state index contributed by atoms with van der Waals surface area (Å²) in [5.41, 5.74) is 0.543. The van der Waals surface area contributed by atoms with E-state index in [0.29, 0.717) is 11.0 Å². The van der Waals surface area contributed by atoms with Crippen molar-refractivity contribution >= 4 is 16.9 Å². The lowest BCUT2D eigenvalue weighted by Gasteiger charge is -2.22. The molecule has 0 aliphatic heterocycles. The van der Waals surface area contributed by atoms with Crippen molar-refractivity contribution in [3.05, 3.63) is 30.1 Å². The van der Waals surface area contributed by atoms with Gasteiger partial charge in [-0.1, -0.05) is 0 Å². The Morgan fingerprint density at radius 2 is 2.20 bits per heavy atom. The molecule has 0 radical (unpaired) electrons. The number of halogens is 3. The second-order valence-corrected chi connectivity index (χ2v) is 4.37. The number of nitrogens with zero attached hydrogens (tertiary/aromatic N) is 1. The first-order valence-electron chi connectivity index (χ1n) is 5.78. The Kier molecular flexibility index (Phi) is 3.67. The molecule has 3 N–H and O–H groups in total. The number of aliphatic hydroxyl groups is 1. The Bertz CT molecular complexity index is 591. The summed E-state index contributed by atoms with van der Waals surface area (Å²) in [6.45, 7) is 1.08. The Morgan fingerprint density at radius 3 is 2.80 bits per heavy atom. The molecule has 2 heterocycles. The third-order valence-corrected chi connectivity index (χ3v) is 2.80. The lowest BCUT2D eigenvalue weighted by molar-refractivity contribution is -0.209. The second kappa shape index (κ2) is 5.12. The molecule has 8 heteroatoms. The highest BCUT2D eigenvalue weighted by atomic mass is 19.4. The largest absolute Gasteiger partial charge is 0.416 e. The quantitative estimate of drug-likeness (QED) is 0.802. The Labute approximate surface area is 111 Å². The highest BCUT2D eigenvalue weighted by Crippen LogP contribution is 2.22. The van der Waals surface area contributed by atoms with Gasteiger partial charge < -0.3 is 15.4 Å². The molecule has 1 amide bonds. The van der Waals surface area contributed by atoms with Gasteiger partial charge in [0.1, 0.15) is 11.3 Å². The molecule has 0 saturated carbocycles. The third-order valence-electron chi connectivity index (χ3n) is 2.80. The number of amides is 1. The molecule has 2 rings (SSSR count). The summed E-state index contributed by atoms with van der Waals surface area (Å²) >= 11 is 0. The number of H-pyrrole nitrogens is 1. The summed E-state index contributed by atoms with van der Waals surface area (Å²) in [5.74, 6) is -0.737. The number of carbonyl (C=O) groups excluding carboxylic acids is 1. The standard InChI is InChI=1S/C12H12F3N3O2/c1-6(9(19)12(13,14)15)17-11(20)8-5-7-3-2-4-16-10(7)18-8/h2-6,9,19H,1H3,(H,16,18)(H,17,20). The number of carbonyl (C=O) groups is 1. The van der Waals surface area contributed by atoms with E-state index in [1.165, 1.54) is 12.3 Å². The Balaban J connectivity index is 2.12. The molecule has 0 fully saturated rings. The normalized spacial score (nSPS) is 15.1. The van der Waals surface area contributed by atoms with Crippen LogP contribution in [0.3, 0.4) is 0 Å². The molecule has 108 valence electrons. The van der Waals surface area contributed by atoms with Crippen LogP contribution < -0.4 is 5.32 Å². The number of nitrogens with one attached hydrogen (secondary N) is 2. The number of hydrogen-bond donors (Lipinski definition) is 3. The van der Waals surface area contributed by atoms with Gasteiger partial charge in [-0.15, -0.1) is 0 Å². The second-order valence-electron chi connectivity index (χ2n) is 4.37.